The number of rotatable bonds is 7. The van der Waals surface area contributed by atoms with Crippen molar-refractivity contribution in [3.63, 3.8) is 0 Å². The molecular weight excluding hydrogens is 248 g/mol. The van der Waals surface area contributed by atoms with E-state index in [-0.39, 0.29) is 5.76 Å². The number of aliphatic hydroxyl groups is 1. The predicted molar refractivity (Wildman–Crippen MR) is 71.3 cm³/mol. The summed E-state index contributed by atoms with van der Waals surface area (Å²) in [5.41, 5.74) is -0.245. The van der Waals surface area contributed by atoms with Crippen molar-refractivity contribution < 1.29 is 19.4 Å². The number of nitrogens with zero attached hydrogens (tertiary/aromatic N) is 1. The molecular formula is C13H22N2O4. The van der Waals surface area contributed by atoms with Crippen LogP contribution in [0.25, 0.3) is 0 Å². The maximum Gasteiger partial charge on any atom is 0.372 e. The second kappa shape index (κ2) is 6.18. The van der Waals surface area contributed by atoms with Gasteiger partial charge in [0.15, 0.2) is 0 Å². The summed E-state index contributed by atoms with van der Waals surface area (Å²) in [7, 11) is 3.78. The van der Waals surface area contributed by atoms with Gasteiger partial charge in [-0.2, -0.15) is 0 Å². The van der Waals surface area contributed by atoms with E-state index in [4.69, 9.17) is 9.52 Å². The molecule has 108 valence electrons. The van der Waals surface area contributed by atoms with Crippen LogP contribution in [0.1, 0.15) is 28.8 Å². The van der Waals surface area contributed by atoms with E-state index in [2.05, 4.69) is 5.32 Å². The molecule has 0 spiro atoms. The van der Waals surface area contributed by atoms with Crippen LogP contribution >= 0.6 is 0 Å². The molecule has 0 bridgehead atoms. The van der Waals surface area contributed by atoms with Crippen molar-refractivity contribution in [2.45, 2.75) is 26.0 Å². The molecule has 1 rings (SSSR count). The topological polar surface area (TPSA) is 85.9 Å². The number of nitrogens with one attached hydrogen (secondary N) is 1. The highest BCUT2D eigenvalue weighted by Gasteiger charge is 2.21. The van der Waals surface area contributed by atoms with Gasteiger partial charge in [0.2, 0.25) is 5.76 Å². The molecule has 0 aliphatic carbocycles. The first kappa shape index (κ1) is 15.7. The third kappa shape index (κ3) is 5.02. The molecule has 1 unspecified atom stereocenters. The second-order valence-corrected chi connectivity index (χ2v) is 5.37. The lowest BCUT2D eigenvalue weighted by Gasteiger charge is -2.27. The van der Waals surface area contributed by atoms with Crippen molar-refractivity contribution in [2.24, 2.45) is 0 Å². The van der Waals surface area contributed by atoms with Crippen LogP contribution in [-0.4, -0.2) is 53.9 Å². The van der Waals surface area contributed by atoms with E-state index in [1.54, 1.807) is 19.9 Å². The highest BCUT2D eigenvalue weighted by molar-refractivity contribution is 5.86. The quantitative estimate of drug-likeness (QED) is 0.676. The van der Waals surface area contributed by atoms with Gasteiger partial charge in [0, 0.05) is 18.7 Å². The summed E-state index contributed by atoms with van der Waals surface area (Å²) >= 11 is 0. The van der Waals surface area contributed by atoms with Crippen molar-refractivity contribution in [1.82, 2.24) is 10.2 Å². The average molecular weight is 270 g/mol. The Morgan fingerprint density at radius 2 is 2.16 bits per heavy atom. The van der Waals surface area contributed by atoms with Gasteiger partial charge in [-0.3, -0.25) is 0 Å². The molecule has 0 amide bonds. The van der Waals surface area contributed by atoms with Crippen LogP contribution in [-0.2, 0) is 6.54 Å². The molecule has 0 fully saturated rings. The first-order valence-electron chi connectivity index (χ1n) is 6.12. The van der Waals surface area contributed by atoms with Crippen molar-refractivity contribution in [2.75, 3.05) is 27.2 Å². The van der Waals surface area contributed by atoms with Crippen molar-refractivity contribution in [3.8, 4) is 0 Å². The number of carboxylic acids is 1. The maximum absolute atomic E-state index is 10.8. The smallest absolute Gasteiger partial charge is 0.372 e. The largest absolute Gasteiger partial charge is 0.475 e. The SMILES string of the molecule is Cc1cc(CNCC(C)(O)CN(C)C)oc1C(=O)O. The fraction of sp³-hybridized carbons (Fsp3) is 0.615. The van der Waals surface area contributed by atoms with Crippen molar-refractivity contribution in [3.05, 3.63) is 23.2 Å². The number of carbonyl (C=O) groups is 1. The summed E-state index contributed by atoms with van der Waals surface area (Å²) < 4.78 is 5.22. The summed E-state index contributed by atoms with van der Waals surface area (Å²) in [6.45, 7) is 4.76. The van der Waals surface area contributed by atoms with Crippen LogP contribution in [0.15, 0.2) is 10.5 Å². The zero-order chi connectivity index (χ0) is 14.6. The third-order valence-corrected chi connectivity index (χ3v) is 2.62. The molecule has 0 aliphatic heterocycles. The standard InChI is InChI=1S/C13H22N2O4/c1-9-5-10(19-11(9)12(16)17)6-14-7-13(2,18)8-15(3)4/h5,14,18H,6-8H2,1-4H3,(H,16,17). The number of aryl methyl sites for hydroxylation is 1. The van der Waals surface area contributed by atoms with Crippen LogP contribution in [0.2, 0.25) is 0 Å². The lowest BCUT2D eigenvalue weighted by Crippen LogP contribution is -2.45. The fourth-order valence-corrected chi connectivity index (χ4v) is 2.04. The molecule has 1 aromatic rings. The third-order valence-electron chi connectivity index (χ3n) is 2.62. The lowest BCUT2D eigenvalue weighted by atomic mass is 10.1. The molecule has 0 radical (unpaired) electrons. The second-order valence-electron chi connectivity index (χ2n) is 5.37. The van der Waals surface area contributed by atoms with Crippen molar-refractivity contribution in [1.29, 1.82) is 0 Å². The van der Waals surface area contributed by atoms with Crippen LogP contribution < -0.4 is 5.32 Å². The minimum Gasteiger partial charge on any atom is -0.475 e. The molecule has 0 saturated heterocycles. The summed E-state index contributed by atoms with van der Waals surface area (Å²) in [5.74, 6) is -0.546. The molecule has 3 N–H and O–H groups in total. The molecule has 1 atom stereocenters. The maximum atomic E-state index is 10.8. The van der Waals surface area contributed by atoms with Gasteiger partial charge in [0.1, 0.15) is 5.76 Å². The van der Waals surface area contributed by atoms with E-state index in [0.29, 0.717) is 31.0 Å². The Labute approximate surface area is 113 Å². The monoisotopic (exact) mass is 270 g/mol. The van der Waals surface area contributed by atoms with Crippen LogP contribution in [0.4, 0.5) is 0 Å². The van der Waals surface area contributed by atoms with Gasteiger partial charge in [0.25, 0.3) is 0 Å². The molecule has 1 heterocycles. The fourth-order valence-electron chi connectivity index (χ4n) is 2.04. The van der Waals surface area contributed by atoms with Crippen LogP contribution in [0.3, 0.4) is 0 Å². The van der Waals surface area contributed by atoms with Gasteiger partial charge in [-0.25, -0.2) is 4.79 Å². The molecule has 1 aromatic heterocycles. The summed E-state index contributed by atoms with van der Waals surface area (Å²) in [4.78, 5) is 12.7. The number of aromatic carboxylic acids is 1. The minimum atomic E-state index is -1.07. The van der Waals surface area contributed by atoms with Crippen LogP contribution in [0, 0.1) is 6.92 Å². The highest BCUT2D eigenvalue weighted by atomic mass is 16.4. The Morgan fingerprint density at radius 3 is 2.63 bits per heavy atom. The lowest BCUT2D eigenvalue weighted by molar-refractivity contribution is 0.0331. The zero-order valence-corrected chi connectivity index (χ0v) is 11.9. The number of hydrogen-bond acceptors (Lipinski definition) is 5. The van der Waals surface area contributed by atoms with E-state index < -0.39 is 11.6 Å². The highest BCUT2D eigenvalue weighted by Crippen LogP contribution is 2.14. The Bertz CT molecular complexity index is 438. The first-order valence-corrected chi connectivity index (χ1v) is 6.12. The van der Waals surface area contributed by atoms with E-state index in [9.17, 15) is 9.90 Å². The summed E-state index contributed by atoms with van der Waals surface area (Å²) in [6.07, 6.45) is 0. The Hall–Kier alpha value is -1.37. The summed E-state index contributed by atoms with van der Waals surface area (Å²) in [5, 5.41) is 22.0. The van der Waals surface area contributed by atoms with E-state index >= 15 is 0 Å². The number of hydrogen-bond donors (Lipinski definition) is 3. The Kier molecular flexibility index (Phi) is 5.11. The van der Waals surface area contributed by atoms with Gasteiger partial charge >= 0.3 is 5.97 Å². The van der Waals surface area contributed by atoms with Gasteiger partial charge in [-0.15, -0.1) is 0 Å². The number of likely N-dealkylation sites (N-methyl/N-ethyl adjacent to an activating group) is 1. The first-order chi connectivity index (χ1) is 8.71. The zero-order valence-electron chi connectivity index (χ0n) is 11.9. The Balaban J connectivity index is 2.49. The van der Waals surface area contributed by atoms with Crippen LogP contribution in [0.5, 0.6) is 0 Å². The molecule has 0 aromatic carbocycles. The van der Waals surface area contributed by atoms with Crippen molar-refractivity contribution >= 4 is 5.97 Å². The molecule has 6 heteroatoms. The molecule has 19 heavy (non-hydrogen) atoms. The number of carboxylic acid groups (broad SMARTS) is 1. The molecule has 0 saturated carbocycles. The molecule has 0 aliphatic rings. The van der Waals surface area contributed by atoms with E-state index in [1.807, 2.05) is 19.0 Å². The number of furan rings is 1. The van der Waals surface area contributed by atoms with Gasteiger partial charge in [-0.1, -0.05) is 0 Å². The average Bonchev–Trinajstić information content (AvgIpc) is 2.57. The van der Waals surface area contributed by atoms with E-state index in [1.165, 1.54) is 0 Å². The minimum absolute atomic E-state index is 0.0307. The van der Waals surface area contributed by atoms with Gasteiger partial charge < -0.3 is 24.8 Å². The molecule has 6 nitrogen and oxygen atoms in total. The van der Waals surface area contributed by atoms with E-state index in [0.717, 1.165) is 0 Å². The predicted octanol–water partition coefficient (Wildman–Crippen LogP) is 0.688. The normalized spacial score (nSPS) is 14.6. The summed E-state index contributed by atoms with van der Waals surface area (Å²) in [6, 6.07) is 1.69. The Morgan fingerprint density at radius 1 is 1.53 bits per heavy atom. The van der Waals surface area contributed by atoms with Gasteiger partial charge in [-0.05, 0) is 34.0 Å². The van der Waals surface area contributed by atoms with Gasteiger partial charge in [0.05, 0.1) is 12.1 Å².